The average molecular weight is 267 g/mol. The van der Waals surface area contributed by atoms with Crippen LogP contribution in [0.1, 0.15) is 37.0 Å². The van der Waals surface area contributed by atoms with Gasteiger partial charge in [0.1, 0.15) is 11.4 Å². The molecule has 0 aliphatic carbocycles. The first-order valence-corrected chi connectivity index (χ1v) is 5.67. The van der Waals surface area contributed by atoms with Gasteiger partial charge in [0.05, 0.1) is 12.1 Å². The number of nitrogens with zero attached hydrogens (tertiary/aromatic N) is 3. The third-order valence-corrected chi connectivity index (χ3v) is 2.04. The zero-order valence-electron chi connectivity index (χ0n) is 11.4. The predicted octanol–water partition coefficient (Wildman–Crippen LogP) is 1.54. The SMILES string of the molecule is CN(Cc1ncc(C(=O)O)cn1)C(=O)OC(C)(C)C. The maximum absolute atomic E-state index is 11.7. The molecule has 0 atom stereocenters. The molecule has 104 valence electrons. The normalized spacial score (nSPS) is 10.9. The van der Waals surface area contributed by atoms with Crippen molar-refractivity contribution in [1.82, 2.24) is 14.9 Å². The van der Waals surface area contributed by atoms with Crippen LogP contribution >= 0.6 is 0 Å². The summed E-state index contributed by atoms with van der Waals surface area (Å²) in [5, 5.41) is 8.71. The third-order valence-electron chi connectivity index (χ3n) is 2.04. The molecule has 0 spiro atoms. The summed E-state index contributed by atoms with van der Waals surface area (Å²) in [4.78, 5) is 31.4. The molecular formula is C12H17N3O4. The fourth-order valence-corrected chi connectivity index (χ4v) is 1.16. The highest BCUT2D eigenvalue weighted by Crippen LogP contribution is 2.10. The van der Waals surface area contributed by atoms with Gasteiger partial charge in [0.25, 0.3) is 0 Å². The smallest absolute Gasteiger partial charge is 0.410 e. The Morgan fingerprint density at radius 2 is 1.84 bits per heavy atom. The molecule has 1 aromatic rings. The van der Waals surface area contributed by atoms with Crippen LogP contribution in [0, 0.1) is 0 Å². The number of carbonyl (C=O) groups excluding carboxylic acids is 1. The second kappa shape index (κ2) is 5.64. The van der Waals surface area contributed by atoms with E-state index in [9.17, 15) is 9.59 Å². The highest BCUT2D eigenvalue weighted by Gasteiger charge is 2.20. The minimum atomic E-state index is -1.09. The van der Waals surface area contributed by atoms with Crippen LogP contribution in [0.2, 0.25) is 0 Å². The van der Waals surface area contributed by atoms with E-state index in [-0.39, 0.29) is 12.1 Å². The lowest BCUT2D eigenvalue weighted by Crippen LogP contribution is -2.34. The number of carboxylic acid groups (broad SMARTS) is 1. The number of hydrogen-bond donors (Lipinski definition) is 1. The fourth-order valence-electron chi connectivity index (χ4n) is 1.16. The summed E-state index contributed by atoms with van der Waals surface area (Å²) in [6, 6.07) is 0. The molecule has 7 heteroatoms. The molecule has 1 amide bonds. The van der Waals surface area contributed by atoms with E-state index in [1.807, 2.05) is 0 Å². The van der Waals surface area contributed by atoms with Crippen molar-refractivity contribution in [3.63, 3.8) is 0 Å². The van der Waals surface area contributed by atoms with Gasteiger partial charge in [-0.05, 0) is 20.8 Å². The molecule has 1 rings (SSSR count). The van der Waals surface area contributed by atoms with Crippen LogP contribution in [0.25, 0.3) is 0 Å². The third kappa shape index (κ3) is 4.90. The lowest BCUT2D eigenvalue weighted by molar-refractivity contribution is 0.0280. The maximum Gasteiger partial charge on any atom is 0.410 e. The van der Waals surface area contributed by atoms with Gasteiger partial charge < -0.3 is 14.7 Å². The standard InChI is InChI=1S/C12H17N3O4/c1-12(2,3)19-11(18)15(4)7-9-13-5-8(6-14-9)10(16)17/h5-6H,7H2,1-4H3,(H,16,17). The molecule has 0 aromatic carbocycles. The van der Waals surface area contributed by atoms with Crippen LogP contribution in [0.5, 0.6) is 0 Å². The summed E-state index contributed by atoms with van der Waals surface area (Å²) in [5.41, 5.74) is -0.567. The van der Waals surface area contributed by atoms with Crippen molar-refractivity contribution in [2.75, 3.05) is 7.05 Å². The number of aromatic nitrogens is 2. The van der Waals surface area contributed by atoms with Gasteiger partial charge in [0.15, 0.2) is 0 Å². The first-order valence-electron chi connectivity index (χ1n) is 5.67. The van der Waals surface area contributed by atoms with Crippen molar-refractivity contribution in [3.05, 3.63) is 23.8 Å². The molecule has 0 saturated carbocycles. The van der Waals surface area contributed by atoms with E-state index in [4.69, 9.17) is 9.84 Å². The van der Waals surface area contributed by atoms with Crippen molar-refractivity contribution in [2.45, 2.75) is 32.9 Å². The number of rotatable bonds is 3. The Morgan fingerprint density at radius 1 is 1.32 bits per heavy atom. The Kier molecular flexibility index (Phi) is 4.42. The lowest BCUT2D eigenvalue weighted by Gasteiger charge is -2.24. The number of ether oxygens (including phenoxy) is 1. The van der Waals surface area contributed by atoms with E-state index in [0.29, 0.717) is 5.82 Å². The minimum absolute atomic E-state index is 0.00340. The van der Waals surface area contributed by atoms with Gasteiger partial charge in [-0.15, -0.1) is 0 Å². The van der Waals surface area contributed by atoms with E-state index < -0.39 is 17.7 Å². The molecule has 7 nitrogen and oxygen atoms in total. The average Bonchev–Trinajstić information content (AvgIpc) is 2.27. The molecule has 1 heterocycles. The molecule has 0 aliphatic rings. The number of carboxylic acids is 1. The summed E-state index contributed by atoms with van der Waals surface area (Å²) < 4.78 is 5.17. The Hall–Kier alpha value is -2.18. The van der Waals surface area contributed by atoms with Crippen molar-refractivity contribution in [2.24, 2.45) is 0 Å². The highest BCUT2D eigenvalue weighted by molar-refractivity contribution is 5.86. The van der Waals surface area contributed by atoms with Crippen molar-refractivity contribution in [1.29, 1.82) is 0 Å². The maximum atomic E-state index is 11.7. The van der Waals surface area contributed by atoms with Crippen LogP contribution < -0.4 is 0 Å². The Morgan fingerprint density at radius 3 is 2.26 bits per heavy atom. The van der Waals surface area contributed by atoms with Gasteiger partial charge in [-0.25, -0.2) is 19.6 Å². The Balaban J connectivity index is 2.64. The molecule has 19 heavy (non-hydrogen) atoms. The van der Waals surface area contributed by atoms with E-state index in [2.05, 4.69) is 9.97 Å². The minimum Gasteiger partial charge on any atom is -0.478 e. The van der Waals surface area contributed by atoms with Gasteiger partial charge >= 0.3 is 12.1 Å². The molecular weight excluding hydrogens is 250 g/mol. The first-order chi connectivity index (χ1) is 8.69. The molecule has 0 aliphatic heterocycles. The van der Waals surface area contributed by atoms with Gasteiger partial charge in [0, 0.05) is 19.4 Å². The number of hydrogen-bond acceptors (Lipinski definition) is 5. The van der Waals surface area contributed by atoms with E-state index in [1.54, 1.807) is 27.8 Å². The van der Waals surface area contributed by atoms with Gasteiger partial charge in [0.2, 0.25) is 0 Å². The molecule has 0 bridgehead atoms. The van der Waals surface area contributed by atoms with Crippen LogP contribution in [-0.2, 0) is 11.3 Å². The zero-order chi connectivity index (χ0) is 14.6. The molecule has 0 fully saturated rings. The van der Waals surface area contributed by atoms with Crippen molar-refractivity contribution in [3.8, 4) is 0 Å². The monoisotopic (exact) mass is 267 g/mol. The fraction of sp³-hybridized carbons (Fsp3) is 0.500. The molecule has 0 radical (unpaired) electrons. The number of amides is 1. The second-order valence-corrected chi connectivity index (χ2v) is 5.03. The summed E-state index contributed by atoms with van der Waals surface area (Å²) in [6.45, 7) is 5.47. The summed E-state index contributed by atoms with van der Waals surface area (Å²) in [5.74, 6) is -0.745. The van der Waals surface area contributed by atoms with Gasteiger partial charge in [-0.3, -0.25) is 0 Å². The van der Waals surface area contributed by atoms with Gasteiger partial charge in [-0.2, -0.15) is 0 Å². The summed E-state index contributed by atoms with van der Waals surface area (Å²) in [7, 11) is 1.56. The molecule has 1 N–H and O–H groups in total. The topological polar surface area (TPSA) is 92.6 Å². The zero-order valence-corrected chi connectivity index (χ0v) is 11.4. The second-order valence-electron chi connectivity index (χ2n) is 5.03. The first kappa shape index (κ1) is 14.9. The molecule has 0 unspecified atom stereocenters. The number of carbonyl (C=O) groups is 2. The van der Waals surface area contributed by atoms with Crippen LogP contribution in [-0.4, -0.2) is 44.7 Å². The van der Waals surface area contributed by atoms with Crippen LogP contribution in [0.4, 0.5) is 4.79 Å². The highest BCUT2D eigenvalue weighted by atomic mass is 16.6. The largest absolute Gasteiger partial charge is 0.478 e. The van der Waals surface area contributed by atoms with Crippen molar-refractivity contribution >= 4 is 12.1 Å². The van der Waals surface area contributed by atoms with Gasteiger partial charge in [-0.1, -0.05) is 0 Å². The summed E-state index contributed by atoms with van der Waals surface area (Å²) >= 11 is 0. The van der Waals surface area contributed by atoms with Crippen LogP contribution in [0.15, 0.2) is 12.4 Å². The Labute approximate surface area is 111 Å². The molecule has 0 saturated heterocycles. The number of aromatic carboxylic acids is 1. The molecule has 1 aromatic heterocycles. The quantitative estimate of drug-likeness (QED) is 0.893. The predicted molar refractivity (Wildman–Crippen MR) is 66.7 cm³/mol. The van der Waals surface area contributed by atoms with E-state index in [1.165, 1.54) is 17.3 Å². The van der Waals surface area contributed by atoms with Crippen LogP contribution in [0.3, 0.4) is 0 Å². The Bertz CT molecular complexity index is 465. The van der Waals surface area contributed by atoms with E-state index >= 15 is 0 Å². The van der Waals surface area contributed by atoms with E-state index in [0.717, 1.165) is 0 Å². The lowest BCUT2D eigenvalue weighted by atomic mass is 10.2. The summed E-state index contributed by atoms with van der Waals surface area (Å²) in [6.07, 6.45) is 1.92. The van der Waals surface area contributed by atoms with Crippen molar-refractivity contribution < 1.29 is 19.4 Å².